The third-order valence-corrected chi connectivity index (χ3v) is 4.03. The molecule has 19 heavy (non-hydrogen) atoms. The van der Waals surface area contributed by atoms with Crippen molar-refractivity contribution in [1.82, 2.24) is 4.72 Å². The van der Waals surface area contributed by atoms with Crippen LogP contribution in [0, 0.1) is 5.82 Å². The van der Waals surface area contributed by atoms with E-state index < -0.39 is 32.7 Å². The van der Waals surface area contributed by atoms with Gasteiger partial charge in [0.05, 0.1) is 5.02 Å². The number of benzene rings is 1. The molecule has 0 aliphatic heterocycles. The maximum Gasteiger partial charge on any atom is 0.265 e. The minimum Gasteiger partial charge on any atom is -0.369 e. The molecule has 8 heteroatoms. The standard InChI is InChI=1S/C11H13ClFNO4S/c1-3-18-7(2)11(15)14-19(16,17)10-6-8(13)4-5-9(10)12/h4-7H,3H2,1-2H3,(H,14,15). The number of sulfonamides is 1. The largest absolute Gasteiger partial charge is 0.369 e. The normalized spacial score (nSPS) is 13.1. The Kier molecular flexibility index (Phi) is 5.28. The summed E-state index contributed by atoms with van der Waals surface area (Å²) in [4.78, 5) is 11.1. The molecule has 0 radical (unpaired) electrons. The van der Waals surface area contributed by atoms with Gasteiger partial charge in [-0.1, -0.05) is 11.6 Å². The molecule has 1 aromatic rings. The van der Waals surface area contributed by atoms with E-state index in [1.807, 2.05) is 0 Å². The molecule has 0 saturated carbocycles. The molecule has 0 bridgehead atoms. The molecule has 1 amide bonds. The van der Waals surface area contributed by atoms with E-state index in [0.717, 1.165) is 18.2 Å². The van der Waals surface area contributed by atoms with Gasteiger partial charge >= 0.3 is 0 Å². The van der Waals surface area contributed by atoms with E-state index in [1.54, 1.807) is 11.6 Å². The highest BCUT2D eigenvalue weighted by atomic mass is 35.5. The first-order chi connectivity index (χ1) is 8.77. The van der Waals surface area contributed by atoms with E-state index in [-0.39, 0.29) is 11.6 Å². The summed E-state index contributed by atoms with van der Waals surface area (Å²) in [5.74, 6) is -1.61. The summed E-state index contributed by atoms with van der Waals surface area (Å²) in [6.07, 6.45) is -0.938. The molecule has 1 atom stereocenters. The lowest BCUT2D eigenvalue weighted by molar-refractivity contribution is -0.129. The fraction of sp³-hybridized carbons (Fsp3) is 0.364. The Balaban J connectivity index is 2.99. The lowest BCUT2D eigenvalue weighted by atomic mass is 10.3. The monoisotopic (exact) mass is 309 g/mol. The Morgan fingerprint density at radius 3 is 2.74 bits per heavy atom. The SMILES string of the molecule is CCOC(C)C(=O)NS(=O)(=O)c1cc(F)ccc1Cl. The summed E-state index contributed by atoms with van der Waals surface area (Å²) in [7, 11) is -4.23. The van der Waals surface area contributed by atoms with Crippen molar-refractivity contribution >= 4 is 27.5 Å². The Morgan fingerprint density at radius 2 is 2.16 bits per heavy atom. The molecule has 0 aromatic heterocycles. The van der Waals surface area contributed by atoms with Crippen LogP contribution >= 0.6 is 11.6 Å². The van der Waals surface area contributed by atoms with E-state index in [0.29, 0.717) is 0 Å². The zero-order chi connectivity index (χ0) is 14.6. The predicted molar refractivity (Wildman–Crippen MR) is 67.8 cm³/mol. The maximum atomic E-state index is 13.0. The maximum absolute atomic E-state index is 13.0. The van der Waals surface area contributed by atoms with Crippen LogP contribution in [0.15, 0.2) is 23.1 Å². The van der Waals surface area contributed by atoms with Gasteiger partial charge in [-0.05, 0) is 32.0 Å². The Labute approximate surface area is 115 Å². The Bertz CT molecular complexity index is 576. The fourth-order valence-electron chi connectivity index (χ4n) is 1.28. The van der Waals surface area contributed by atoms with Gasteiger partial charge in [0.2, 0.25) is 0 Å². The van der Waals surface area contributed by atoms with Crippen molar-refractivity contribution < 1.29 is 22.3 Å². The fourth-order valence-corrected chi connectivity index (χ4v) is 2.83. The van der Waals surface area contributed by atoms with Crippen LogP contribution in [0.25, 0.3) is 0 Å². The van der Waals surface area contributed by atoms with Gasteiger partial charge in [0.25, 0.3) is 15.9 Å². The summed E-state index contributed by atoms with van der Waals surface area (Å²) in [6.45, 7) is 3.33. The van der Waals surface area contributed by atoms with Gasteiger partial charge in [-0.3, -0.25) is 4.79 Å². The molecule has 0 aliphatic carbocycles. The van der Waals surface area contributed by atoms with Crippen molar-refractivity contribution in [2.24, 2.45) is 0 Å². The zero-order valence-corrected chi connectivity index (χ0v) is 11.9. The van der Waals surface area contributed by atoms with Crippen molar-refractivity contribution in [3.8, 4) is 0 Å². The van der Waals surface area contributed by atoms with Crippen LogP contribution in [0.5, 0.6) is 0 Å². The quantitative estimate of drug-likeness (QED) is 0.898. The van der Waals surface area contributed by atoms with Crippen molar-refractivity contribution in [1.29, 1.82) is 0 Å². The Morgan fingerprint density at radius 1 is 1.53 bits per heavy atom. The minimum atomic E-state index is -4.23. The number of carbonyl (C=O) groups excluding carboxylic acids is 1. The van der Waals surface area contributed by atoms with Gasteiger partial charge in [-0.25, -0.2) is 17.5 Å². The number of amides is 1. The summed E-state index contributed by atoms with van der Waals surface area (Å²) in [6, 6.07) is 2.86. The summed E-state index contributed by atoms with van der Waals surface area (Å²) < 4.78 is 43.5. The predicted octanol–water partition coefficient (Wildman–Crippen LogP) is 1.71. The molecule has 0 heterocycles. The van der Waals surface area contributed by atoms with Crippen LogP contribution in [0.1, 0.15) is 13.8 Å². The molecule has 0 spiro atoms. The third-order valence-electron chi connectivity index (χ3n) is 2.20. The molecule has 0 fully saturated rings. The summed E-state index contributed by atoms with van der Waals surface area (Å²) >= 11 is 5.68. The molecular weight excluding hydrogens is 297 g/mol. The lowest BCUT2D eigenvalue weighted by Gasteiger charge is -2.13. The van der Waals surface area contributed by atoms with Gasteiger partial charge in [-0.2, -0.15) is 0 Å². The topological polar surface area (TPSA) is 72.5 Å². The average Bonchev–Trinajstić information content (AvgIpc) is 2.31. The number of halogens is 2. The minimum absolute atomic E-state index is 0.175. The van der Waals surface area contributed by atoms with Crippen LogP contribution in [-0.2, 0) is 19.6 Å². The van der Waals surface area contributed by atoms with Crippen LogP contribution in [0.3, 0.4) is 0 Å². The second-order valence-corrected chi connectivity index (χ2v) is 5.70. The van der Waals surface area contributed by atoms with E-state index >= 15 is 0 Å². The highest BCUT2D eigenvalue weighted by molar-refractivity contribution is 7.90. The van der Waals surface area contributed by atoms with Crippen LogP contribution < -0.4 is 4.72 Å². The van der Waals surface area contributed by atoms with Gasteiger partial charge in [0.15, 0.2) is 0 Å². The van der Waals surface area contributed by atoms with Gasteiger partial charge in [0, 0.05) is 6.61 Å². The highest BCUT2D eigenvalue weighted by Gasteiger charge is 2.24. The van der Waals surface area contributed by atoms with Gasteiger partial charge in [-0.15, -0.1) is 0 Å². The molecule has 1 unspecified atom stereocenters. The van der Waals surface area contributed by atoms with Crippen molar-refractivity contribution in [3.63, 3.8) is 0 Å². The molecule has 106 valence electrons. The number of rotatable bonds is 5. The summed E-state index contributed by atoms with van der Waals surface area (Å²) in [5, 5.41) is -0.175. The van der Waals surface area contributed by atoms with Gasteiger partial charge in [0.1, 0.15) is 16.8 Å². The first kappa shape index (κ1) is 15.9. The number of nitrogens with one attached hydrogen (secondary N) is 1. The van der Waals surface area contributed by atoms with E-state index in [9.17, 15) is 17.6 Å². The van der Waals surface area contributed by atoms with Crippen LogP contribution in [0.2, 0.25) is 5.02 Å². The molecule has 1 N–H and O–H groups in total. The highest BCUT2D eigenvalue weighted by Crippen LogP contribution is 2.22. The molecule has 1 rings (SSSR count). The van der Waals surface area contributed by atoms with E-state index in [2.05, 4.69) is 0 Å². The number of ether oxygens (including phenoxy) is 1. The smallest absolute Gasteiger partial charge is 0.265 e. The number of carbonyl (C=O) groups is 1. The van der Waals surface area contributed by atoms with Gasteiger partial charge < -0.3 is 4.74 Å². The molecule has 5 nitrogen and oxygen atoms in total. The first-order valence-corrected chi connectivity index (χ1v) is 7.27. The van der Waals surface area contributed by atoms with E-state index in [1.165, 1.54) is 6.92 Å². The van der Waals surface area contributed by atoms with Crippen LogP contribution in [0.4, 0.5) is 4.39 Å². The van der Waals surface area contributed by atoms with Crippen molar-refractivity contribution in [3.05, 3.63) is 29.0 Å². The van der Waals surface area contributed by atoms with E-state index in [4.69, 9.17) is 16.3 Å². The molecule has 0 aliphatic rings. The Hall–Kier alpha value is -1.18. The first-order valence-electron chi connectivity index (χ1n) is 5.41. The number of hydrogen-bond acceptors (Lipinski definition) is 4. The molecular formula is C11H13ClFNO4S. The van der Waals surface area contributed by atoms with Crippen molar-refractivity contribution in [2.75, 3.05) is 6.61 Å². The summed E-state index contributed by atoms with van der Waals surface area (Å²) in [5.41, 5.74) is 0. The third kappa shape index (κ3) is 4.15. The molecule has 0 saturated heterocycles. The van der Waals surface area contributed by atoms with Crippen molar-refractivity contribution in [2.45, 2.75) is 24.8 Å². The zero-order valence-electron chi connectivity index (χ0n) is 10.3. The van der Waals surface area contributed by atoms with Crippen LogP contribution in [-0.4, -0.2) is 27.0 Å². The molecule has 1 aromatic carbocycles. The second kappa shape index (κ2) is 6.31. The second-order valence-electron chi connectivity index (χ2n) is 3.64. The lowest BCUT2D eigenvalue weighted by Crippen LogP contribution is -2.38. The number of hydrogen-bond donors (Lipinski definition) is 1. The average molecular weight is 310 g/mol.